The maximum absolute atomic E-state index is 2.26. The van der Waals surface area contributed by atoms with Crippen LogP contribution in [-0.2, 0) is 0 Å². The standard InChI is InChI=1S/C22H18NP/c1-3-11-19(12-4-1)24(20-13-5-2-6-14-20)22-16-8-7-15-21(22)23-17-9-10-18-23/h1-18H. The van der Waals surface area contributed by atoms with Crippen molar-refractivity contribution in [3.8, 4) is 5.69 Å². The van der Waals surface area contributed by atoms with Gasteiger partial charge in [0.15, 0.2) is 0 Å². The summed E-state index contributed by atoms with van der Waals surface area (Å²) in [4.78, 5) is 0. The highest BCUT2D eigenvalue weighted by Gasteiger charge is 2.19. The summed E-state index contributed by atoms with van der Waals surface area (Å²) in [5.74, 6) is 0. The predicted octanol–water partition coefficient (Wildman–Crippen LogP) is 4.24. The van der Waals surface area contributed by atoms with Crippen molar-refractivity contribution in [2.24, 2.45) is 0 Å². The molecule has 0 saturated heterocycles. The third kappa shape index (κ3) is 2.91. The molecular weight excluding hydrogens is 309 g/mol. The van der Waals surface area contributed by atoms with Crippen LogP contribution < -0.4 is 15.9 Å². The summed E-state index contributed by atoms with van der Waals surface area (Å²) >= 11 is 0. The molecule has 116 valence electrons. The van der Waals surface area contributed by atoms with Gasteiger partial charge in [-0.15, -0.1) is 0 Å². The highest BCUT2D eigenvalue weighted by atomic mass is 31.1. The van der Waals surface area contributed by atoms with E-state index in [-0.39, 0.29) is 0 Å². The second-order valence-corrected chi connectivity index (χ2v) is 7.77. The Hall–Kier alpha value is -2.63. The Morgan fingerprint density at radius 1 is 0.500 bits per heavy atom. The zero-order valence-corrected chi connectivity index (χ0v) is 14.2. The van der Waals surface area contributed by atoms with Crippen molar-refractivity contribution in [2.45, 2.75) is 0 Å². The van der Waals surface area contributed by atoms with E-state index >= 15 is 0 Å². The lowest BCUT2D eigenvalue weighted by Gasteiger charge is -2.22. The molecule has 0 radical (unpaired) electrons. The maximum Gasteiger partial charge on any atom is 0.0532 e. The molecule has 0 spiro atoms. The lowest BCUT2D eigenvalue weighted by molar-refractivity contribution is 1.09. The van der Waals surface area contributed by atoms with Crippen LogP contribution in [0.5, 0.6) is 0 Å². The van der Waals surface area contributed by atoms with Gasteiger partial charge in [0.25, 0.3) is 0 Å². The van der Waals surface area contributed by atoms with Gasteiger partial charge in [0.05, 0.1) is 5.69 Å². The minimum absolute atomic E-state index is 0.592. The van der Waals surface area contributed by atoms with E-state index in [4.69, 9.17) is 0 Å². The number of para-hydroxylation sites is 1. The van der Waals surface area contributed by atoms with Gasteiger partial charge in [-0.05, 0) is 36.7 Å². The fourth-order valence-corrected chi connectivity index (χ4v) is 5.40. The van der Waals surface area contributed by atoms with Crippen molar-refractivity contribution in [1.82, 2.24) is 4.57 Å². The van der Waals surface area contributed by atoms with E-state index in [9.17, 15) is 0 Å². The lowest BCUT2D eigenvalue weighted by atomic mass is 10.3. The Balaban J connectivity index is 1.93. The minimum atomic E-state index is -0.592. The molecule has 1 aromatic heterocycles. The topological polar surface area (TPSA) is 4.93 Å². The molecule has 0 aliphatic carbocycles. The number of rotatable bonds is 4. The third-order valence-electron chi connectivity index (χ3n) is 4.03. The molecule has 1 nitrogen and oxygen atoms in total. The van der Waals surface area contributed by atoms with Crippen molar-refractivity contribution in [2.75, 3.05) is 0 Å². The molecule has 3 aromatic carbocycles. The average Bonchev–Trinajstić information content (AvgIpc) is 3.19. The predicted molar refractivity (Wildman–Crippen MR) is 104 cm³/mol. The molecule has 0 aliphatic heterocycles. The molecule has 24 heavy (non-hydrogen) atoms. The molecule has 0 unspecified atom stereocenters. The van der Waals surface area contributed by atoms with Crippen LogP contribution in [0.15, 0.2) is 109 Å². The van der Waals surface area contributed by atoms with E-state index < -0.39 is 7.92 Å². The van der Waals surface area contributed by atoms with E-state index in [1.807, 2.05) is 0 Å². The van der Waals surface area contributed by atoms with Gasteiger partial charge in [-0.3, -0.25) is 0 Å². The van der Waals surface area contributed by atoms with Crippen LogP contribution in [0.4, 0.5) is 0 Å². The zero-order chi connectivity index (χ0) is 16.2. The van der Waals surface area contributed by atoms with E-state index in [2.05, 4.69) is 114 Å². The second kappa shape index (κ2) is 6.86. The highest BCUT2D eigenvalue weighted by molar-refractivity contribution is 7.80. The quantitative estimate of drug-likeness (QED) is 0.494. The van der Waals surface area contributed by atoms with Crippen molar-refractivity contribution >= 4 is 23.8 Å². The minimum Gasteiger partial charge on any atom is -0.323 e. The van der Waals surface area contributed by atoms with Gasteiger partial charge < -0.3 is 4.57 Å². The normalized spacial score (nSPS) is 10.9. The van der Waals surface area contributed by atoms with Crippen molar-refractivity contribution < 1.29 is 0 Å². The molecule has 4 aromatic rings. The summed E-state index contributed by atoms with van der Waals surface area (Å²) in [6.07, 6.45) is 4.23. The fraction of sp³-hybridized carbons (Fsp3) is 0. The van der Waals surface area contributed by atoms with Crippen molar-refractivity contribution in [3.63, 3.8) is 0 Å². The highest BCUT2D eigenvalue weighted by Crippen LogP contribution is 2.34. The summed E-state index contributed by atoms with van der Waals surface area (Å²) in [6, 6.07) is 34.5. The second-order valence-electron chi connectivity index (χ2n) is 5.59. The van der Waals surface area contributed by atoms with Crippen LogP contribution in [0.3, 0.4) is 0 Å². The van der Waals surface area contributed by atoms with E-state index in [0.717, 1.165) is 0 Å². The number of nitrogens with zero attached hydrogens (tertiary/aromatic N) is 1. The van der Waals surface area contributed by atoms with Gasteiger partial charge in [-0.25, -0.2) is 0 Å². The van der Waals surface area contributed by atoms with Crippen molar-refractivity contribution in [1.29, 1.82) is 0 Å². The molecule has 1 heterocycles. The molecule has 2 heteroatoms. The van der Waals surface area contributed by atoms with Gasteiger partial charge in [-0.2, -0.15) is 0 Å². The Morgan fingerprint density at radius 2 is 1.00 bits per heavy atom. The molecule has 0 aliphatic rings. The number of aromatic nitrogens is 1. The molecule has 0 bridgehead atoms. The van der Waals surface area contributed by atoms with Crippen LogP contribution in [0, 0.1) is 0 Å². The molecule has 0 fully saturated rings. The summed E-state index contributed by atoms with van der Waals surface area (Å²) in [7, 11) is -0.592. The summed E-state index contributed by atoms with van der Waals surface area (Å²) in [5.41, 5.74) is 1.25. The van der Waals surface area contributed by atoms with Crippen LogP contribution in [0.2, 0.25) is 0 Å². The third-order valence-corrected chi connectivity index (χ3v) is 6.52. The molecule has 4 rings (SSSR count). The van der Waals surface area contributed by atoms with Crippen molar-refractivity contribution in [3.05, 3.63) is 109 Å². The van der Waals surface area contributed by atoms with Gasteiger partial charge in [-0.1, -0.05) is 78.9 Å². The first-order chi connectivity index (χ1) is 11.9. The summed E-state index contributed by atoms with van der Waals surface area (Å²) in [5, 5.41) is 4.12. The number of benzene rings is 3. The molecular formula is C22H18NP. The molecule has 0 saturated carbocycles. The molecule has 0 N–H and O–H groups in total. The first kappa shape index (κ1) is 14.9. The van der Waals surface area contributed by atoms with E-state index in [0.29, 0.717) is 0 Å². The van der Waals surface area contributed by atoms with Crippen LogP contribution in [0.25, 0.3) is 5.69 Å². The Kier molecular flexibility index (Phi) is 4.27. The largest absolute Gasteiger partial charge is 0.323 e. The van der Waals surface area contributed by atoms with E-state index in [1.165, 1.54) is 21.6 Å². The zero-order valence-electron chi connectivity index (χ0n) is 13.3. The first-order valence-corrected chi connectivity index (χ1v) is 9.40. The monoisotopic (exact) mass is 327 g/mol. The number of hydrogen-bond donors (Lipinski definition) is 0. The molecule has 0 amide bonds. The molecule has 0 atom stereocenters. The average molecular weight is 327 g/mol. The van der Waals surface area contributed by atoms with Gasteiger partial charge in [0, 0.05) is 17.7 Å². The SMILES string of the molecule is c1ccc(P(c2ccccc2)c2ccccc2-n2cccc2)cc1. The first-order valence-electron chi connectivity index (χ1n) is 8.06. The fourth-order valence-electron chi connectivity index (χ4n) is 2.95. The Morgan fingerprint density at radius 3 is 1.58 bits per heavy atom. The van der Waals surface area contributed by atoms with Crippen LogP contribution in [-0.4, -0.2) is 4.57 Å². The van der Waals surface area contributed by atoms with E-state index in [1.54, 1.807) is 0 Å². The van der Waals surface area contributed by atoms with Gasteiger partial charge in [0.2, 0.25) is 0 Å². The van der Waals surface area contributed by atoms with Crippen LogP contribution >= 0.6 is 7.92 Å². The Labute approximate surface area is 144 Å². The summed E-state index contributed by atoms with van der Waals surface area (Å²) < 4.78 is 2.20. The summed E-state index contributed by atoms with van der Waals surface area (Å²) in [6.45, 7) is 0. The van der Waals surface area contributed by atoms with Gasteiger partial charge >= 0.3 is 0 Å². The number of hydrogen-bond acceptors (Lipinski definition) is 0. The smallest absolute Gasteiger partial charge is 0.0532 e. The lowest BCUT2D eigenvalue weighted by Crippen LogP contribution is -2.23. The maximum atomic E-state index is 2.26. The van der Waals surface area contributed by atoms with Gasteiger partial charge in [0.1, 0.15) is 0 Å². The Bertz CT molecular complexity index is 860. The van der Waals surface area contributed by atoms with Crippen LogP contribution in [0.1, 0.15) is 0 Å².